The highest BCUT2D eigenvalue weighted by Crippen LogP contribution is 2.23. The Labute approximate surface area is 125 Å². The van der Waals surface area contributed by atoms with Crippen LogP contribution in [-0.2, 0) is 4.79 Å². The lowest BCUT2D eigenvalue weighted by Gasteiger charge is -2.31. The predicted octanol–water partition coefficient (Wildman–Crippen LogP) is 2.13. The summed E-state index contributed by atoms with van der Waals surface area (Å²) in [7, 11) is 0. The van der Waals surface area contributed by atoms with Gasteiger partial charge in [-0.15, -0.1) is 0 Å². The molecule has 2 aliphatic rings. The van der Waals surface area contributed by atoms with E-state index in [1.54, 1.807) is 0 Å². The molecule has 1 saturated heterocycles. The summed E-state index contributed by atoms with van der Waals surface area (Å²) in [6.07, 6.45) is 3.79. The third-order valence-electron chi connectivity index (χ3n) is 4.34. The molecule has 0 radical (unpaired) electrons. The molecule has 1 aliphatic carbocycles. The number of carbonyl (C=O) groups is 2. The number of piperidine rings is 1. The number of amides is 2. The topological polar surface area (TPSA) is 49.4 Å². The maximum absolute atomic E-state index is 12.4. The SMILES string of the molecule is Cc1cccc(C(=O)N2CCC(C(=O)NC3CC3)CC2)c1. The molecule has 1 N–H and O–H groups in total. The average Bonchev–Trinajstić information content (AvgIpc) is 3.30. The fourth-order valence-corrected chi connectivity index (χ4v) is 2.85. The molecular weight excluding hydrogens is 264 g/mol. The molecule has 0 aromatic heterocycles. The van der Waals surface area contributed by atoms with Gasteiger partial charge in [-0.3, -0.25) is 9.59 Å². The van der Waals surface area contributed by atoms with E-state index < -0.39 is 0 Å². The zero-order valence-corrected chi connectivity index (χ0v) is 12.5. The number of nitrogens with zero attached hydrogens (tertiary/aromatic N) is 1. The monoisotopic (exact) mass is 286 g/mol. The van der Waals surface area contributed by atoms with Crippen LogP contribution in [0.3, 0.4) is 0 Å². The van der Waals surface area contributed by atoms with Gasteiger partial charge in [0.2, 0.25) is 5.91 Å². The van der Waals surface area contributed by atoms with E-state index in [9.17, 15) is 9.59 Å². The van der Waals surface area contributed by atoms with Crippen LogP contribution in [0.25, 0.3) is 0 Å². The van der Waals surface area contributed by atoms with Gasteiger partial charge in [-0.05, 0) is 44.7 Å². The van der Waals surface area contributed by atoms with Crippen molar-refractivity contribution in [2.45, 2.75) is 38.6 Å². The van der Waals surface area contributed by atoms with Crippen molar-refractivity contribution in [2.75, 3.05) is 13.1 Å². The smallest absolute Gasteiger partial charge is 0.253 e. The van der Waals surface area contributed by atoms with Crippen LogP contribution in [0, 0.1) is 12.8 Å². The van der Waals surface area contributed by atoms with E-state index in [1.165, 1.54) is 0 Å². The summed E-state index contributed by atoms with van der Waals surface area (Å²) in [5.74, 6) is 0.340. The minimum absolute atomic E-state index is 0.0761. The maximum Gasteiger partial charge on any atom is 0.253 e. The minimum atomic E-state index is 0.0761. The van der Waals surface area contributed by atoms with Gasteiger partial charge < -0.3 is 10.2 Å². The summed E-state index contributed by atoms with van der Waals surface area (Å²) >= 11 is 0. The van der Waals surface area contributed by atoms with Crippen LogP contribution in [0.5, 0.6) is 0 Å². The first kappa shape index (κ1) is 14.1. The van der Waals surface area contributed by atoms with Gasteiger partial charge in [0, 0.05) is 30.6 Å². The van der Waals surface area contributed by atoms with E-state index in [2.05, 4.69) is 5.32 Å². The zero-order chi connectivity index (χ0) is 14.8. The number of aryl methyl sites for hydroxylation is 1. The molecular formula is C17H22N2O2. The first-order valence-electron chi connectivity index (χ1n) is 7.80. The van der Waals surface area contributed by atoms with Crippen molar-refractivity contribution < 1.29 is 9.59 Å². The lowest BCUT2D eigenvalue weighted by Crippen LogP contribution is -2.43. The first-order chi connectivity index (χ1) is 10.1. The van der Waals surface area contributed by atoms with E-state index in [4.69, 9.17) is 0 Å². The Morgan fingerprint density at radius 2 is 1.86 bits per heavy atom. The quantitative estimate of drug-likeness (QED) is 0.925. The van der Waals surface area contributed by atoms with Gasteiger partial charge in [0.1, 0.15) is 0 Å². The van der Waals surface area contributed by atoms with Gasteiger partial charge in [-0.2, -0.15) is 0 Å². The number of hydrogen-bond acceptors (Lipinski definition) is 2. The van der Waals surface area contributed by atoms with Crippen LogP contribution in [0.1, 0.15) is 41.6 Å². The highest BCUT2D eigenvalue weighted by molar-refractivity contribution is 5.94. The third-order valence-corrected chi connectivity index (χ3v) is 4.34. The van der Waals surface area contributed by atoms with Gasteiger partial charge in [0.05, 0.1) is 0 Å². The number of nitrogens with one attached hydrogen (secondary N) is 1. The lowest BCUT2D eigenvalue weighted by molar-refractivity contribution is -0.126. The van der Waals surface area contributed by atoms with Crippen molar-refractivity contribution in [3.05, 3.63) is 35.4 Å². The molecule has 2 amide bonds. The molecule has 1 aromatic rings. The van der Waals surface area contributed by atoms with Crippen molar-refractivity contribution in [3.63, 3.8) is 0 Å². The number of carbonyl (C=O) groups excluding carboxylic acids is 2. The maximum atomic E-state index is 12.4. The van der Waals surface area contributed by atoms with Crippen molar-refractivity contribution in [1.82, 2.24) is 10.2 Å². The second-order valence-corrected chi connectivity index (χ2v) is 6.22. The summed E-state index contributed by atoms with van der Waals surface area (Å²) in [5.41, 5.74) is 1.84. The standard InChI is InChI=1S/C17H22N2O2/c1-12-3-2-4-14(11-12)17(21)19-9-7-13(8-10-19)16(20)18-15-5-6-15/h2-4,11,13,15H,5-10H2,1H3,(H,18,20). The largest absolute Gasteiger partial charge is 0.353 e. The second-order valence-electron chi connectivity index (χ2n) is 6.22. The number of hydrogen-bond donors (Lipinski definition) is 1. The van der Waals surface area contributed by atoms with Gasteiger partial charge in [-0.25, -0.2) is 0 Å². The van der Waals surface area contributed by atoms with Gasteiger partial charge >= 0.3 is 0 Å². The minimum Gasteiger partial charge on any atom is -0.353 e. The fourth-order valence-electron chi connectivity index (χ4n) is 2.85. The predicted molar refractivity (Wildman–Crippen MR) is 81.0 cm³/mol. The number of benzene rings is 1. The van der Waals surface area contributed by atoms with E-state index in [-0.39, 0.29) is 17.7 Å². The summed E-state index contributed by atoms with van der Waals surface area (Å²) < 4.78 is 0. The number of rotatable bonds is 3. The second kappa shape index (κ2) is 5.88. The highest BCUT2D eigenvalue weighted by atomic mass is 16.2. The summed E-state index contributed by atoms with van der Waals surface area (Å²) in [6, 6.07) is 8.11. The Balaban J connectivity index is 1.55. The van der Waals surface area contributed by atoms with Crippen LogP contribution >= 0.6 is 0 Å². The Hall–Kier alpha value is -1.84. The van der Waals surface area contributed by atoms with E-state index in [1.807, 2.05) is 36.1 Å². The molecule has 3 rings (SSSR count). The van der Waals surface area contributed by atoms with Crippen molar-refractivity contribution >= 4 is 11.8 Å². The molecule has 1 aromatic carbocycles. The molecule has 0 bridgehead atoms. The van der Waals surface area contributed by atoms with Crippen LogP contribution < -0.4 is 5.32 Å². The van der Waals surface area contributed by atoms with Crippen molar-refractivity contribution in [3.8, 4) is 0 Å². The molecule has 112 valence electrons. The lowest BCUT2D eigenvalue weighted by atomic mass is 9.95. The molecule has 1 aliphatic heterocycles. The fraction of sp³-hybridized carbons (Fsp3) is 0.529. The Morgan fingerprint density at radius 1 is 1.14 bits per heavy atom. The zero-order valence-electron chi connectivity index (χ0n) is 12.5. The van der Waals surface area contributed by atoms with Crippen LogP contribution in [-0.4, -0.2) is 35.8 Å². The normalized spacial score (nSPS) is 19.4. The molecule has 0 atom stereocenters. The molecule has 4 heteroatoms. The molecule has 2 fully saturated rings. The van der Waals surface area contributed by atoms with Crippen LogP contribution in [0.2, 0.25) is 0 Å². The first-order valence-corrected chi connectivity index (χ1v) is 7.80. The summed E-state index contributed by atoms with van der Waals surface area (Å²) in [4.78, 5) is 26.3. The van der Waals surface area contributed by atoms with E-state index in [0.717, 1.165) is 36.8 Å². The summed E-state index contributed by atoms with van der Waals surface area (Å²) in [5, 5.41) is 3.06. The molecule has 0 unspecified atom stereocenters. The van der Waals surface area contributed by atoms with Gasteiger partial charge in [0.25, 0.3) is 5.91 Å². The van der Waals surface area contributed by atoms with E-state index in [0.29, 0.717) is 19.1 Å². The van der Waals surface area contributed by atoms with Gasteiger partial charge in [0.15, 0.2) is 0 Å². The molecule has 4 nitrogen and oxygen atoms in total. The average molecular weight is 286 g/mol. The molecule has 1 heterocycles. The summed E-state index contributed by atoms with van der Waals surface area (Å²) in [6.45, 7) is 3.34. The van der Waals surface area contributed by atoms with E-state index >= 15 is 0 Å². The van der Waals surface area contributed by atoms with Crippen molar-refractivity contribution in [1.29, 1.82) is 0 Å². The molecule has 21 heavy (non-hydrogen) atoms. The molecule has 0 spiro atoms. The van der Waals surface area contributed by atoms with Crippen LogP contribution in [0.15, 0.2) is 24.3 Å². The number of likely N-dealkylation sites (tertiary alicyclic amines) is 1. The highest BCUT2D eigenvalue weighted by Gasteiger charge is 2.31. The van der Waals surface area contributed by atoms with Gasteiger partial charge in [-0.1, -0.05) is 17.7 Å². The van der Waals surface area contributed by atoms with Crippen LogP contribution in [0.4, 0.5) is 0 Å². The Kier molecular flexibility index (Phi) is 3.95. The third kappa shape index (κ3) is 3.43. The molecule has 1 saturated carbocycles. The Morgan fingerprint density at radius 3 is 2.48 bits per heavy atom. The Bertz CT molecular complexity index is 543. The van der Waals surface area contributed by atoms with Crippen molar-refractivity contribution in [2.24, 2.45) is 5.92 Å².